The highest BCUT2D eigenvalue weighted by molar-refractivity contribution is 5.74. The quantitative estimate of drug-likeness (QED) is 0.487. The fourth-order valence-corrected chi connectivity index (χ4v) is 3.31. The van der Waals surface area contributed by atoms with Crippen molar-refractivity contribution < 1.29 is 4.57 Å². The van der Waals surface area contributed by atoms with E-state index in [9.17, 15) is 0 Å². The van der Waals surface area contributed by atoms with Crippen LogP contribution in [0.2, 0.25) is 0 Å². The second-order valence-electron chi connectivity index (χ2n) is 6.20. The largest absolute Gasteiger partial charge is 0.331 e. The van der Waals surface area contributed by atoms with Crippen LogP contribution < -0.4 is 4.57 Å². The van der Waals surface area contributed by atoms with E-state index in [-0.39, 0.29) is 0 Å². The molecule has 2 aromatic carbocycles. The monoisotopic (exact) mass is 287 g/mol. The Kier molecular flexibility index (Phi) is 2.86. The van der Waals surface area contributed by atoms with Crippen molar-refractivity contribution in [3.63, 3.8) is 0 Å². The van der Waals surface area contributed by atoms with Crippen LogP contribution in [0.4, 0.5) is 0 Å². The number of benzene rings is 2. The number of nitrogens with zero attached hydrogens (tertiary/aromatic N) is 2. The zero-order valence-electron chi connectivity index (χ0n) is 13.2. The molecule has 0 fully saturated rings. The van der Waals surface area contributed by atoms with Gasteiger partial charge in [-0.25, -0.2) is 4.57 Å². The molecule has 1 aliphatic carbocycles. The fraction of sp³-hybridized carbons (Fsp3) is 0.200. The molecule has 1 aromatic heterocycles. The minimum Gasteiger partial charge on any atom is -0.233 e. The second kappa shape index (κ2) is 4.77. The van der Waals surface area contributed by atoms with Gasteiger partial charge in [-0.05, 0) is 36.0 Å². The summed E-state index contributed by atoms with van der Waals surface area (Å²) in [6.07, 6.45) is 3.22. The molecular formula is C20H19N2+. The molecule has 0 aliphatic heterocycles. The van der Waals surface area contributed by atoms with Gasteiger partial charge in [0.2, 0.25) is 0 Å². The Bertz CT molecular complexity index is 894. The van der Waals surface area contributed by atoms with Crippen molar-refractivity contribution in [1.29, 1.82) is 0 Å². The normalized spacial score (nSPS) is 12.1. The zero-order chi connectivity index (χ0) is 15.3. The topological polar surface area (TPSA) is 16.8 Å². The molecule has 0 unspecified atom stereocenters. The Balaban J connectivity index is 1.96. The van der Waals surface area contributed by atoms with Crippen molar-refractivity contribution >= 4 is 0 Å². The molecular weight excluding hydrogens is 268 g/mol. The molecule has 0 saturated carbocycles. The summed E-state index contributed by atoms with van der Waals surface area (Å²) in [7, 11) is 2.09. The maximum absolute atomic E-state index is 5.03. The van der Waals surface area contributed by atoms with Crippen molar-refractivity contribution in [2.24, 2.45) is 7.05 Å². The lowest BCUT2D eigenvalue weighted by Crippen LogP contribution is -2.33. The molecule has 0 N–H and O–H groups in total. The average Bonchev–Trinajstić information content (AvgIpc) is 2.86. The first-order chi connectivity index (χ1) is 10.6. The summed E-state index contributed by atoms with van der Waals surface area (Å²) in [6.45, 7) is 4.28. The van der Waals surface area contributed by atoms with Crippen LogP contribution in [0.25, 0.3) is 22.6 Å². The lowest BCUT2D eigenvalue weighted by atomic mass is 10.0. The van der Waals surface area contributed by atoms with E-state index in [0.717, 1.165) is 17.9 Å². The van der Waals surface area contributed by atoms with E-state index in [1.54, 1.807) is 0 Å². The number of hydrogen-bond acceptors (Lipinski definition) is 1. The highest BCUT2D eigenvalue weighted by Crippen LogP contribution is 2.35. The van der Waals surface area contributed by atoms with E-state index < -0.39 is 0 Å². The molecule has 0 radical (unpaired) electrons. The Morgan fingerprint density at radius 3 is 2.64 bits per heavy atom. The molecule has 2 nitrogen and oxygen atoms in total. The highest BCUT2D eigenvalue weighted by atomic mass is 15.0. The van der Waals surface area contributed by atoms with Crippen molar-refractivity contribution in [1.82, 2.24) is 4.98 Å². The van der Waals surface area contributed by atoms with Gasteiger partial charge in [-0.15, -0.1) is 0 Å². The SMILES string of the molecule is Cc1ccc(C)c(-c2nc3c(c[n+]2C)Cc2ccccc2-3)c1. The first kappa shape index (κ1) is 13.2. The molecule has 22 heavy (non-hydrogen) atoms. The molecule has 0 spiro atoms. The van der Waals surface area contributed by atoms with Gasteiger partial charge in [0.25, 0.3) is 0 Å². The predicted octanol–water partition coefficient (Wildman–Crippen LogP) is 3.76. The van der Waals surface area contributed by atoms with Gasteiger partial charge >= 0.3 is 5.82 Å². The van der Waals surface area contributed by atoms with E-state index in [4.69, 9.17) is 4.98 Å². The molecule has 1 heterocycles. The van der Waals surface area contributed by atoms with Crippen molar-refractivity contribution in [2.45, 2.75) is 20.3 Å². The summed E-state index contributed by atoms with van der Waals surface area (Å²) >= 11 is 0. The lowest BCUT2D eigenvalue weighted by molar-refractivity contribution is -0.663. The Morgan fingerprint density at radius 1 is 0.955 bits per heavy atom. The minimum absolute atomic E-state index is 0.986. The molecule has 0 atom stereocenters. The zero-order valence-corrected chi connectivity index (χ0v) is 13.2. The standard InChI is InChI=1S/C20H19N2/c1-13-8-9-14(2)18(10-13)20-21-19-16(12-22(20)3)11-15-6-4-5-7-17(15)19/h4-10,12H,11H2,1-3H3/q+1. The van der Waals surface area contributed by atoms with E-state index in [2.05, 4.69) is 74.1 Å². The maximum Gasteiger partial charge on any atom is 0.331 e. The molecule has 4 rings (SSSR count). The summed E-state index contributed by atoms with van der Waals surface area (Å²) in [4.78, 5) is 5.03. The van der Waals surface area contributed by atoms with Crippen LogP contribution in [0.5, 0.6) is 0 Å². The number of rotatable bonds is 1. The fourth-order valence-electron chi connectivity index (χ4n) is 3.31. The minimum atomic E-state index is 0.986. The van der Waals surface area contributed by atoms with E-state index in [0.29, 0.717) is 0 Å². The first-order valence-electron chi connectivity index (χ1n) is 7.69. The molecule has 0 bridgehead atoms. The summed E-state index contributed by atoms with van der Waals surface area (Å²) in [5, 5.41) is 0. The third-order valence-electron chi connectivity index (χ3n) is 4.49. The van der Waals surface area contributed by atoms with Gasteiger partial charge in [-0.2, -0.15) is 0 Å². The van der Waals surface area contributed by atoms with Crippen molar-refractivity contribution in [3.8, 4) is 22.6 Å². The molecule has 1 aliphatic rings. The number of hydrogen-bond donors (Lipinski definition) is 0. The van der Waals surface area contributed by atoms with Crippen LogP contribution in [-0.2, 0) is 13.5 Å². The number of aryl methyl sites for hydroxylation is 3. The molecule has 2 heteroatoms. The molecule has 3 aromatic rings. The van der Waals surface area contributed by atoms with Crippen LogP contribution in [0.1, 0.15) is 22.3 Å². The van der Waals surface area contributed by atoms with Gasteiger partial charge in [0, 0.05) is 17.5 Å². The Morgan fingerprint density at radius 2 is 1.77 bits per heavy atom. The van der Waals surface area contributed by atoms with Gasteiger partial charge in [0.1, 0.15) is 0 Å². The van der Waals surface area contributed by atoms with Crippen LogP contribution in [0, 0.1) is 13.8 Å². The van der Waals surface area contributed by atoms with Crippen LogP contribution >= 0.6 is 0 Å². The van der Waals surface area contributed by atoms with Crippen LogP contribution in [0.15, 0.2) is 48.7 Å². The van der Waals surface area contributed by atoms with Crippen LogP contribution in [-0.4, -0.2) is 4.98 Å². The van der Waals surface area contributed by atoms with Gasteiger partial charge < -0.3 is 0 Å². The summed E-state index contributed by atoms with van der Waals surface area (Å²) in [5.74, 6) is 1.04. The Hall–Kier alpha value is -2.48. The van der Waals surface area contributed by atoms with E-state index in [1.165, 1.54) is 33.4 Å². The van der Waals surface area contributed by atoms with Gasteiger partial charge in [0.15, 0.2) is 5.69 Å². The summed E-state index contributed by atoms with van der Waals surface area (Å²) in [5.41, 5.74) is 8.87. The average molecular weight is 287 g/mol. The first-order valence-corrected chi connectivity index (χ1v) is 7.69. The summed E-state index contributed by atoms with van der Waals surface area (Å²) < 4.78 is 2.16. The smallest absolute Gasteiger partial charge is 0.233 e. The van der Waals surface area contributed by atoms with Crippen LogP contribution in [0.3, 0.4) is 0 Å². The second-order valence-corrected chi connectivity index (χ2v) is 6.20. The lowest BCUT2D eigenvalue weighted by Gasteiger charge is -2.06. The molecule has 0 amide bonds. The highest BCUT2D eigenvalue weighted by Gasteiger charge is 2.28. The van der Waals surface area contributed by atoms with Gasteiger partial charge in [-0.3, -0.25) is 0 Å². The molecule has 0 saturated heterocycles. The van der Waals surface area contributed by atoms with Crippen molar-refractivity contribution in [2.75, 3.05) is 0 Å². The number of aromatic nitrogens is 2. The maximum atomic E-state index is 5.03. The third-order valence-corrected chi connectivity index (χ3v) is 4.49. The Labute approximate surface area is 131 Å². The molecule has 108 valence electrons. The van der Waals surface area contributed by atoms with Gasteiger partial charge in [-0.1, -0.05) is 42.0 Å². The summed E-state index contributed by atoms with van der Waals surface area (Å²) in [6, 6.07) is 15.1. The number of fused-ring (bicyclic) bond motifs is 3. The predicted molar refractivity (Wildman–Crippen MR) is 88.6 cm³/mol. The van der Waals surface area contributed by atoms with E-state index >= 15 is 0 Å². The van der Waals surface area contributed by atoms with Gasteiger partial charge in [0.05, 0.1) is 18.8 Å². The van der Waals surface area contributed by atoms with Crippen molar-refractivity contribution in [3.05, 3.63) is 70.9 Å². The van der Waals surface area contributed by atoms with E-state index in [1.807, 2.05) is 0 Å². The third kappa shape index (κ3) is 1.95.